The van der Waals surface area contributed by atoms with Gasteiger partial charge in [-0.3, -0.25) is 4.79 Å². The molecule has 1 aromatic rings. The van der Waals surface area contributed by atoms with Crippen LogP contribution in [0, 0.1) is 5.82 Å². The van der Waals surface area contributed by atoms with Gasteiger partial charge in [0.15, 0.2) is 0 Å². The lowest BCUT2D eigenvalue weighted by molar-refractivity contribution is 0.0946. The molecule has 0 spiro atoms. The van der Waals surface area contributed by atoms with Gasteiger partial charge in [-0.05, 0) is 34.5 Å². The quantitative estimate of drug-likeness (QED) is 0.891. The van der Waals surface area contributed by atoms with Crippen molar-refractivity contribution in [3.8, 4) is 0 Å². The fourth-order valence-corrected chi connectivity index (χ4v) is 1.69. The molecule has 88 valence electrons. The molecular weight excluding hydrogens is 275 g/mol. The van der Waals surface area contributed by atoms with E-state index in [1.807, 2.05) is 6.92 Å². The third-order valence-electron chi connectivity index (χ3n) is 2.24. The molecular formula is C11H14BrFN2O. The van der Waals surface area contributed by atoms with Gasteiger partial charge in [-0.2, -0.15) is 0 Å². The molecule has 0 saturated heterocycles. The van der Waals surface area contributed by atoms with E-state index in [4.69, 9.17) is 5.73 Å². The molecule has 3 nitrogen and oxygen atoms in total. The second-order valence-electron chi connectivity index (χ2n) is 3.48. The average molecular weight is 289 g/mol. The smallest absolute Gasteiger partial charge is 0.255 e. The Kier molecular flexibility index (Phi) is 4.89. The van der Waals surface area contributed by atoms with E-state index in [0.717, 1.165) is 6.42 Å². The zero-order valence-electron chi connectivity index (χ0n) is 8.97. The van der Waals surface area contributed by atoms with E-state index in [2.05, 4.69) is 21.2 Å². The van der Waals surface area contributed by atoms with E-state index in [1.54, 1.807) is 6.07 Å². The largest absolute Gasteiger partial charge is 0.350 e. The SMILES string of the molecule is CCC(N)CNC(=O)c1c(F)cccc1Br. The second-order valence-corrected chi connectivity index (χ2v) is 4.33. The predicted octanol–water partition coefficient (Wildman–Crippen LogP) is 2.06. The van der Waals surface area contributed by atoms with E-state index in [1.165, 1.54) is 12.1 Å². The summed E-state index contributed by atoms with van der Waals surface area (Å²) < 4.78 is 13.8. The van der Waals surface area contributed by atoms with Crippen LogP contribution in [0.15, 0.2) is 22.7 Å². The molecule has 0 aliphatic heterocycles. The van der Waals surface area contributed by atoms with Crippen LogP contribution in [0.1, 0.15) is 23.7 Å². The standard InChI is InChI=1S/C11H14BrFN2O/c1-2-7(14)6-15-11(16)10-8(12)4-3-5-9(10)13/h3-5,7H,2,6,14H2,1H3,(H,15,16). The van der Waals surface area contributed by atoms with Gasteiger partial charge >= 0.3 is 0 Å². The molecule has 0 radical (unpaired) electrons. The highest BCUT2D eigenvalue weighted by atomic mass is 79.9. The minimum Gasteiger partial charge on any atom is -0.350 e. The van der Waals surface area contributed by atoms with Crippen LogP contribution in [-0.2, 0) is 0 Å². The summed E-state index contributed by atoms with van der Waals surface area (Å²) in [4.78, 5) is 11.7. The molecule has 0 aromatic heterocycles. The van der Waals surface area contributed by atoms with Gasteiger partial charge in [-0.1, -0.05) is 13.0 Å². The zero-order valence-corrected chi connectivity index (χ0v) is 10.6. The van der Waals surface area contributed by atoms with E-state index < -0.39 is 11.7 Å². The number of nitrogens with one attached hydrogen (secondary N) is 1. The third-order valence-corrected chi connectivity index (χ3v) is 2.90. The maximum absolute atomic E-state index is 13.4. The van der Waals surface area contributed by atoms with E-state index in [-0.39, 0.29) is 11.6 Å². The molecule has 1 unspecified atom stereocenters. The number of halogens is 2. The Morgan fingerprint density at radius 2 is 2.31 bits per heavy atom. The number of carbonyl (C=O) groups excluding carboxylic acids is 1. The Hall–Kier alpha value is -0.940. The Morgan fingerprint density at radius 3 is 2.88 bits per heavy atom. The molecule has 1 rings (SSSR count). The topological polar surface area (TPSA) is 55.1 Å². The highest BCUT2D eigenvalue weighted by molar-refractivity contribution is 9.10. The number of amides is 1. The molecule has 0 aliphatic carbocycles. The van der Waals surface area contributed by atoms with Crippen LogP contribution in [0.3, 0.4) is 0 Å². The molecule has 3 N–H and O–H groups in total. The van der Waals surface area contributed by atoms with Gasteiger partial charge < -0.3 is 11.1 Å². The van der Waals surface area contributed by atoms with E-state index in [0.29, 0.717) is 11.0 Å². The molecule has 0 fully saturated rings. The van der Waals surface area contributed by atoms with Crippen molar-refractivity contribution in [2.75, 3.05) is 6.54 Å². The van der Waals surface area contributed by atoms with Gasteiger partial charge in [-0.15, -0.1) is 0 Å². The van der Waals surface area contributed by atoms with Crippen molar-refractivity contribution in [2.24, 2.45) is 5.73 Å². The molecule has 0 heterocycles. The van der Waals surface area contributed by atoms with Crippen molar-refractivity contribution < 1.29 is 9.18 Å². The van der Waals surface area contributed by atoms with Crippen LogP contribution >= 0.6 is 15.9 Å². The molecule has 1 aromatic carbocycles. The Bertz CT molecular complexity index is 364. The van der Waals surface area contributed by atoms with Crippen molar-refractivity contribution >= 4 is 21.8 Å². The zero-order chi connectivity index (χ0) is 12.1. The summed E-state index contributed by atoms with van der Waals surface area (Å²) in [7, 11) is 0. The normalized spacial score (nSPS) is 12.2. The van der Waals surface area contributed by atoms with Crippen molar-refractivity contribution in [1.29, 1.82) is 0 Å². The van der Waals surface area contributed by atoms with Crippen LogP contribution in [0.5, 0.6) is 0 Å². The number of rotatable bonds is 4. The highest BCUT2D eigenvalue weighted by Gasteiger charge is 2.15. The summed E-state index contributed by atoms with van der Waals surface area (Å²) in [6, 6.07) is 4.31. The minimum atomic E-state index is -0.544. The first-order chi connectivity index (χ1) is 7.56. The monoisotopic (exact) mass is 288 g/mol. The second kappa shape index (κ2) is 5.96. The van der Waals surface area contributed by atoms with Gasteiger partial charge in [0, 0.05) is 17.1 Å². The first-order valence-corrected chi connectivity index (χ1v) is 5.83. The fraction of sp³-hybridized carbons (Fsp3) is 0.364. The minimum absolute atomic E-state index is 0.0193. The highest BCUT2D eigenvalue weighted by Crippen LogP contribution is 2.19. The first-order valence-electron chi connectivity index (χ1n) is 5.04. The summed E-state index contributed by atoms with van der Waals surface area (Å²) in [6.07, 6.45) is 0.763. The van der Waals surface area contributed by atoms with Crippen molar-refractivity contribution in [2.45, 2.75) is 19.4 Å². The van der Waals surface area contributed by atoms with Crippen LogP contribution in [0.4, 0.5) is 4.39 Å². The van der Waals surface area contributed by atoms with Crippen LogP contribution in [0.2, 0.25) is 0 Å². The molecule has 1 amide bonds. The van der Waals surface area contributed by atoms with Crippen LogP contribution in [-0.4, -0.2) is 18.5 Å². The van der Waals surface area contributed by atoms with E-state index in [9.17, 15) is 9.18 Å². The van der Waals surface area contributed by atoms with Crippen molar-refractivity contribution in [3.05, 3.63) is 34.1 Å². The third kappa shape index (κ3) is 3.28. The van der Waals surface area contributed by atoms with Crippen molar-refractivity contribution in [3.63, 3.8) is 0 Å². The summed E-state index contributed by atoms with van der Waals surface area (Å²) >= 11 is 3.14. The number of benzene rings is 1. The summed E-state index contributed by atoms with van der Waals surface area (Å²) in [6.45, 7) is 2.27. The molecule has 0 bridgehead atoms. The average Bonchev–Trinajstić information content (AvgIpc) is 2.25. The Labute approximate surface area is 102 Å². The number of hydrogen-bond acceptors (Lipinski definition) is 2. The summed E-state index contributed by atoms with van der Waals surface area (Å²) in [5.41, 5.74) is 5.67. The summed E-state index contributed by atoms with van der Waals surface area (Å²) in [5, 5.41) is 2.60. The summed E-state index contributed by atoms with van der Waals surface area (Å²) in [5.74, 6) is -0.995. The lowest BCUT2D eigenvalue weighted by Crippen LogP contribution is -2.37. The van der Waals surface area contributed by atoms with Gasteiger partial charge in [0.25, 0.3) is 5.91 Å². The molecule has 5 heteroatoms. The predicted molar refractivity (Wildman–Crippen MR) is 64.7 cm³/mol. The Morgan fingerprint density at radius 1 is 1.62 bits per heavy atom. The van der Waals surface area contributed by atoms with Gasteiger partial charge in [0.2, 0.25) is 0 Å². The lowest BCUT2D eigenvalue weighted by Gasteiger charge is -2.11. The maximum atomic E-state index is 13.4. The number of nitrogens with two attached hydrogens (primary N) is 1. The number of hydrogen-bond donors (Lipinski definition) is 2. The Balaban J connectivity index is 2.73. The lowest BCUT2D eigenvalue weighted by atomic mass is 10.2. The number of carbonyl (C=O) groups is 1. The van der Waals surface area contributed by atoms with Gasteiger partial charge in [-0.25, -0.2) is 4.39 Å². The molecule has 1 atom stereocenters. The molecule has 0 aliphatic rings. The van der Waals surface area contributed by atoms with Crippen LogP contribution in [0.25, 0.3) is 0 Å². The van der Waals surface area contributed by atoms with Crippen molar-refractivity contribution in [1.82, 2.24) is 5.32 Å². The van der Waals surface area contributed by atoms with Crippen LogP contribution < -0.4 is 11.1 Å². The molecule has 16 heavy (non-hydrogen) atoms. The van der Waals surface area contributed by atoms with Gasteiger partial charge in [0.05, 0.1) is 5.56 Å². The van der Waals surface area contributed by atoms with Gasteiger partial charge in [0.1, 0.15) is 5.82 Å². The first kappa shape index (κ1) is 13.1. The fourth-order valence-electron chi connectivity index (χ4n) is 1.17. The maximum Gasteiger partial charge on any atom is 0.255 e. The molecule has 0 saturated carbocycles. The van der Waals surface area contributed by atoms with E-state index >= 15 is 0 Å².